The van der Waals surface area contributed by atoms with Gasteiger partial charge < -0.3 is 4.90 Å². The highest BCUT2D eigenvalue weighted by Gasteiger charge is 2.30. The number of sulfonamides is 1. The van der Waals surface area contributed by atoms with Crippen LogP contribution in [-0.2, 0) is 14.8 Å². The summed E-state index contributed by atoms with van der Waals surface area (Å²) in [5.74, 6) is -0.644. The lowest BCUT2D eigenvalue weighted by Gasteiger charge is -2.34. The Bertz CT molecular complexity index is 734. The molecule has 1 aliphatic heterocycles. The van der Waals surface area contributed by atoms with Crippen molar-refractivity contribution in [3.63, 3.8) is 0 Å². The third-order valence-corrected chi connectivity index (χ3v) is 6.57. The Morgan fingerprint density at radius 1 is 1.28 bits per heavy atom. The van der Waals surface area contributed by atoms with Gasteiger partial charge in [0.15, 0.2) is 0 Å². The summed E-state index contributed by atoms with van der Waals surface area (Å²) in [7, 11) is -1.97. The molecule has 1 amide bonds. The highest BCUT2D eigenvalue weighted by Crippen LogP contribution is 2.23. The summed E-state index contributed by atoms with van der Waals surface area (Å²) in [5.41, 5.74) is 0. The fourth-order valence-electron chi connectivity index (χ4n) is 2.51. The Morgan fingerprint density at radius 3 is 2.40 bits per heavy atom. The molecule has 0 aliphatic carbocycles. The van der Waals surface area contributed by atoms with Crippen LogP contribution in [0.3, 0.4) is 0 Å². The van der Waals surface area contributed by atoms with E-state index in [1.807, 2.05) is 18.7 Å². The zero-order valence-corrected chi connectivity index (χ0v) is 16.1. The molecule has 140 valence electrons. The van der Waals surface area contributed by atoms with Gasteiger partial charge in [0.05, 0.1) is 16.5 Å². The first kappa shape index (κ1) is 20.1. The monoisotopic (exact) mass is 391 g/mol. The first-order valence-electron chi connectivity index (χ1n) is 8.06. The fourth-order valence-corrected chi connectivity index (χ4v) is 4.20. The standard InChI is InChI=1S/C16H23ClFN3O3S/c1-12(2)19(3)16(22)11-20-6-8-21(9-7-20)25(23,24)13-4-5-15(18)14(17)10-13/h4-5,10,12H,6-9,11H2,1-3H3. The van der Waals surface area contributed by atoms with E-state index in [4.69, 9.17) is 11.6 Å². The van der Waals surface area contributed by atoms with Crippen molar-refractivity contribution in [3.8, 4) is 0 Å². The Kier molecular flexibility index (Phi) is 6.42. The predicted molar refractivity (Wildman–Crippen MR) is 94.5 cm³/mol. The van der Waals surface area contributed by atoms with Gasteiger partial charge in [-0.05, 0) is 32.0 Å². The molecule has 1 aromatic carbocycles. The van der Waals surface area contributed by atoms with Crippen LogP contribution in [0.5, 0.6) is 0 Å². The van der Waals surface area contributed by atoms with Gasteiger partial charge in [0.2, 0.25) is 15.9 Å². The van der Waals surface area contributed by atoms with E-state index in [1.54, 1.807) is 11.9 Å². The van der Waals surface area contributed by atoms with Gasteiger partial charge in [-0.3, -0.25) is 9.69 Å². The minimum absolute atomic E-state index is 0.0108. The van der Waals surface area contributed by atoms with E-state index in [2.05, 4.69) is 0 Å². The highest BCUT2D eigenvalue weighted by molar-refractivity contribution is 7.89. The number of amides is 1. The average Bonchev–Trinajstić information content (AvgIpc) is 2.56. The second kappa shape index (κ2) is 7.99. The maximum Gasteiger partial charge on any atom is 0.243 e. The molecule has 1 aromatic rings. The Hall–Kier alpha value is -1.22. The van der Waals surface area contributed by atoms with Crippen molar-refractivity contribution in [2.45, 2.75) is 24.8 Å². The molecule has 0 aromatic heterocycles. The number of carbonyl (C=O) groups excluding carboxylic acids is 1. The minimum atomic E-state index is -3.72. The van der Waals surface area contributed by atoms with Gasteiger partial charge in [-0.15, -0.1) is 0 Å². The SMILES string of the molecule is CC(C)N(C)C(=O)CN1CCN(S(=O)(=O)c2ccc(F)c(Cl)c2)CC1. The molecule has 0 spiro atoms. The number of hydrogen-bond donors (Lipinski definition) is 0. The maximum atomic E-state index is 13.2. The second-order valence-corrected chi connectivity index (χ2v) is 8.70. The molecule has 1 saturated heterocycles. The normalized spacial score (nSPS) is 17.0. The van der Waals surface area contributed by atoms with Crippen LogP contribution >= 0.6 is 11.6 Å². The zero-order chi connectivity index (χ0) is 18.8. The Labute approximate surface area is 153 Å². The van der Waals surface area contributed by atoms with Crippen molar-refractivity contribution in [1.82, 2.24) is 14.1 Å². The number of rotatable bonds is 5. The van der Waals surface area contributed by atoms with Crippen LogP contribution in [0.15, 0.2) is 23.1 Å². The smallest absolute Gasteiger partial charge is 0.243 e. The fraction of sp³-hybridized carbons (Fsp3) is 0.562. The van der Waals surface area contributed by atoms with Crippen molar-refractivity contribution in [1.29, 1.82) is 0 Å². The summed E-state index contributed by atoms with van der Waals surface area (Å²) in [6, 6.07) is 3.51. The molecule has 0 unspecified atom stereocenters. The van der Waals surface area contributed by atoms with Gasteiger partial charge in [0.25, 0.3) is 0 Å². The molecule has 0 saturated carbocycles. The second-order valence-electron chi connectivity index (χ2n) is 6.35. The lowest BCUT2D eigenvalue weighted by molar-refractivity contribution is -0.132. The zero-order valence-electron chi connectivity index (χ0n) is 14.6. The van der Waals surface area contributed by atoms with E-state index < -0.39 is 15.8 Å². The molecule has 1 aliphatic rings. The number of halogens is 2. The van der Waals surface area contributed by atoms with Crippen LogP contribution < -0.4 is 0 Å². The van der Waals surface area contributed by atoms with E-state index in [-0.39, 0.29) is 41.5 Å². The van der Waals surface area contributed by atoms with Gasteiger partial charge in [0.1, 0.15) is 5.82 Å². The summed E-state index contributed by atoms with van der Waals surface area (Å²) >= 11 is 5.69. The van der Waals surface area contributed by atoms with Crippen molar-refractivity contribution in [3.05, 3.63) is 29.0 Å². The van der Waals surface area contributed by atoms with E-state index in [0.717, 1.165) is 12.1 Å². The van der Waals surface area contributed by atoms with E-state index in [0.29, 0.717) is 13.1 Å². The molecule has 6 nitrogen and oxygen atoms in total. The van der Waals surface area contributed by atoms with E-state index in [9.17, 15) is 17.6 Å². The Morgan fingerprint density at radius 2 is 1.88 bits per heavy atom. The summed E-state index contributed by atoms with van der Waals surface area (Å²) in [6.45, 7) is 5.63. The summed E-state index contributed by atoms with van der Waals surface area (Å²) in [4.78, 5) is 15.7. The molecule has 0 bridgehead atoms. The molecular formula is C16H23ClFN3O3S. The third kappa shape index (κ3) is 4.69. The number of piperazine rings is 1. The van der Waals surface area contributed by atoms with Gasteiger partial charge in [-0.2, -0.15) is 4.31 Å². The number of hydrogen-bond acceptors (Lipinski definition) is 4. The number of benzene rings is 1. The van der Waals surface area contributed by atoms with Crippen molar-refractivity contribution in [2.24, 2.45) is 0 Å². The summed E-state index contributed by atoms with van der Waals surface area (Å²) in [5, 5.41) is -0.220. The van der Waals surface area contributed by atoms with Gasteiger partial charge in [-0.25, -0.2) is 12.8 Å². The van der Waals surface area contributed by atoms with Crippen LogP contribution in [0, 0.1) is 5.82 Å². The topological polar surface area (TPSA) is 60.9 Å². The molecule has 0 radical (unpaired) electrons. The summed E-state index contributed by atoms with van der Waals surface area (Å²) < 4.78 is 39.8. The average molecular weight is 392 g/mol. The van der Waals surface area contributed by atoms with Crippen LogP contribution in [0.25, 0.3) is 0 Å². The van der Waals surface area contributed by atoms with Crippen LogP contribution in [0.4, 0.5) is 4.39 Å². The van der Waals surface area contributed by atoms with Crippen molar-refractivity contribution < 1.29 is 17.6 Å². The Balaban J connectivity index is 1.99. The molecule has 1 heterocycles. The first-order chi connectivity index (χ1) is 11.6. The van der Waals surface area contributed by atoms with Crippen LogP contribution in [0.1, 0.15) is 13.8 Å². The van der Waals surface area contributed by atoms with Crippen LogP contribution in [-0.4, -0.2) is 74.2 Å². The molecule has 0 atom stereocenters. The highest BCUT2D eigenvalue weighted by atomic mass is 35.5. The number of likely N-dealkylation sites (N-methyl/N-ethyl adjacent to an activating group) is 1. The van der Waals surface area contributed by atoms with Gasteiger partial charge in [0, 0.05) is 39.3 Å². The molecule has 0 N–H and O–H groups in total. The molecule has 1 fully saturated rings. The molecule has 9 heteroatoms. The molecular weight excluding hydrogens is 369 g/mol. The largest absolute Gasteiger partial charge is 0.342 e. The quantitative estimate of drug-likeness (QED) is 0.765. The maximum absolute atomic E-state index is 13.2. The van der Waals surface area contributed by atoms with Crippen molar-refractivity contribution >= 4 is 27.5 Å². The number of nitrogens with zero attached hydrogens (tertiary/aromatic N) is 3. The van der Waals surface area contributed by atoms with E-state index in [1.165, 1.54) is 10.4 Å². The number of carbonyl (C=O) groups is 1. The van der Waals surface area contributed by atoms with E-state index >= 15 is 0 Å². The van der Waals surface area contributed by atoms with Crippen LogP contribution in [0.2, 0.25) is 5.02 Å². The van der Waals surface area contributed by atoms with Gasteiger partial charge in [-0.1, -0.05) is 11.6 Å². The lowest BCUT2D eigenvalue weighted by atomic mass is 10.3. The van der Waals surface area contributed by atoms with Gasteiger partial charge >= 0.3 is 0 Å². The molecule has 2 rings (SSSR count). The lowest BCUT2D eigenvalue weighted by Crippen LogP contribution is -2.51. The minimum Gasteiger partial charge on any atom is -0.342 e. The summed E-state index contributed by atoms with van der Waals surface area (Å²) in [6.07, 6.45) is 0. The predicted octanol–water partition coefficient (Wildman–Crippen LogP) is 1.65. The first-order valence-corrected chi connectivity index (χ1v) is 9.88. The molecule has 25 heavy (non-hydrogen) atoms. The van der Waals surface area contributed by atoms with Crippen molar-refractivity contribution in [2.75, 3.05) is 39.8 Å². The third-order valence-electron chi connectivity index (χ3n) is 4.39.